The molecule has 2 nitrogen and oxygen atoms in total. The molecule has 0 heterocycles. The SMILES string of the molecule is COc1ccccc1C(C)(O)c1ccc(F)cc1C. The number of aryl methyl sites for hydroxylation is 1. The van der Waals surface area contributed by atoms with Crippen molar-refractivity contribution in [3.63, 3.8) is 0 Å². The molecule has 2 aromatic rings. The third-order valence-electron chi connectivity index (χ3n) is 3.34. The van der Waals surface area contributed by atoms with Crippen molar-refractivity contribution in [2.24, 2.45) is 0 Å². The Kier molecular flexibility index (Phi) is 3.58. The maximum Gasteiger partial charge on any atom is 0.125 e. The monoisotopic (exact) mass is 260 g/mol. The average molecular weight is 260 g/mol. The second kappa shape index (κ2) is 5.02. The number of benzene rings is 2. The van der Waals surface area contributed by atoms with Crippen molar-refractivity contribution >= 4 is 0 Å². The average Bonchev–Trinajstić information content (AvgIpc) is 2.38. The van der Waals surface area contributed by atoms with Crippen LogP contribution in [-0.4, -0.2) is 12.2 Å². The quantitative estimate of drug-likeness (QED) is 0.916. The van der Waals surface area contributed by atoms with Gasteiger partial charge in [0.1, 0.15) is 17.2 Å². The van der Waals surface area contributed by atoms with Crippen molar-refractivity contribution < 1.29 is 14.2 Å². The highest BCUT2D eigenvalue weighted by Gasteiger charge is 2.30. The van der Waals surface area contributed by atoms with Crippen LogP contribution in [0, 0.1) is 12.7 Å². The van der Waals surface area contributed by atoms with Crippen LogP contribution in [0.25, 0.3) is 0 Å². The van der Waals surface area contributed by atoms with E-state index in [1.165, 1.54) is 12.1 Å². The molecule has 2 aromatic carbocycles. The van der Waals surface area contributed by atoms with Gasteiger partial charge >= 0.3 is 0 Å². The number of ether oxygens (including phenoxy) is 1. The Morgan fingerprint density at radius 2 is 1.79 bits per heavy atom. The van der Waals surface area contributed by atoms with E-state index in [0.29, 0.717) is 22.4 Å². The van der Waals surface area contributed by atoms with E-state index in [4.69, 9.17) is 4.74 Å². The molecule has 0 aliphatic heterocycles. The van der Waals surface area contributed by atoms with E-state index in [2.05, 4.69) is 0 Å². The summed E-state index contributed by atoms with van der Waals surface area (Å²) in [6, 6.07) is 11.7. The van der Waals surface area contributed by atoms with Gasteiger partial charge in [0.25, 0.3) is 0 Å². The Balaban J connectivity index is 2.58. The van der Waals surface area contributed by atoms with Crippen molar-refractivity contribution in [1.82, 2.24) is 0 Å². The molecule has 0 bridgehead atoms. The van der Waals surface area contributed by atoms with Crippen molar-refractivity contribution in [1.29, 1.82) is 0 Å². The van der Waals surface area contributed by atoms with Crippen LogP contribution in [0.15, 0.2) is 42.5 Å². The first kappa shape index (κ1) is 13.6. The summed E-state index contributed by atoms with van der Waals surface area (Å²) in [4.78, 5) is 0. The zero-order valence-electron chi connectivity index (χ0n) is 11.3. The molecule has 0 aromatic heterocycles. The van der Waals surface area contributed by atoms with Gasteiger partial charge in [0.15, 0.2) is 0 Å². The third-order valence-corrected chi connectivity index (χ3v) is 3.34. The fourth-order valence-corrected chi connectivity index (χ4v) is 2.37. The normalized spacial score (nSPS) is 13.9. The first-order valence-corrected chi connectivity index (χ1v) is 6.09. The minimum Gasteiger partial charge on any atom is -0.496 e. The molecule has 1 atom stereocenters. The number of hydrogen-bond donors (Lipinski definition) is 1. The lowest BCUT2D eigenvalue weighted by molar-refractivity contribution is 0.0982. The van der Waals surface area contributed by atoms with Gasteiger partial charge in [-0.25, -0.2) is 4.39 Å². The van der Waals surface area contributed by atoms with Gasteiger partial charge in [0, 0.05) is 5.56 Å². The molecule has 19 heavy (non-hydrogen) atoms. The Labute approximate surface area is 112 Å². The van der Waals surface area contributed by atoms with Gasteiger partial charge in [-0.2, -0.15) is 0 Å². The fraction of sp³-hybridized carbons (Fsp3) is 0.250. The Morgan fingerprint density at radius 1 is 1.11 bits per heavy atom. The topological polar surface area (TPSA) is 29.5 Å². The van der Waals surface area contributed by atoms with Crippen LogP contribution in [0.4, 0.5) is 4.39 Å². The van der Waals surface area contributed by atoms with Crippen LogP contribution >= 0.6 is 0 Å². The van der Waals surface area contributed by atoms with Gasteiger partial charge in [-0.05, 0) is 43.2 Å². The van der Waals surface area contributed by atoms with Crippen LogP contribution in [0.1, 0.15) is 23.6 Å². The van der Waals surface area contributed by atoms with E-state index in [1.54, 1.807) is 33.1 Å². The van der Waals surface area contributed by atoms with E-state index in [1.807, 2.05) is 18.2 Å². The molecule has 0 aliphatic carbocycles. The van der Waals surface area contributed by atoms with Crippen LogP contribution in [0.2, 0.25) is 0 Å². The maximum atomic E-state index is 13.2. The first-order valence-electron chi connectivity index (χ1n) is 6.09. The number of methoxy groups -OCH3 is 1. The first-order chi connectivity index (χ1) is 8.96. The smallest absolute Gasteiger partial charge is 0.125 e. The predicted molar refractivity (Wildman–Crippen MR) is 72.8 cm³/mol. The number of para-hydroxylation sites is 1. The Bertz CT molecular complexity index is 591. The van der Waals surface area contributed by atoms with Gasteiger partial charge in [-0.15, -0.1) is 0 Å². The van der Waals surface area contributed by atoms with Crippen molar-refractivity contribution in [3.8, 4) is 5.75 Å². The molecule has 3 heteroatoms. The highest BCUT2D eigenvalue weighted by Crippen LogP contribution is 2.36. The zero-order chi connectivity index (χ0) is 14.0. The van der Waals surface area contributed by atoms with E-state index >= 15 is 0 Å². The summed E-state index contributed by atoms with van der Waals surface area (Å²) in [5.41, 5.74) is 0.797. The summed E-state index contributed by atoms with van der Waals surface area (Å²) in [7, 11) is 1.56. The number of rotatable bonds is 3. The number of hydrogen-bond acceptors (Lipinski definition) is 2. The largest absolute Gasteiger partial charge is 0.496 e. The van der Waals surface area contributed by atoms with Gasteiger partial charge in [-0.1, -0.05) is 24.3 Å². The van der Waals surface area contributed by atoms with Gasteiger partial charge in [-0.3, -0.25) is 0 Å². The summed E-state index contributed by atoms with van der Waals surface area (Å²) >= 11 is 0. The fourth-order valence-electron chi connectivity index (χ4n) is 2.37. The van der Waals surface area contributed by atoms with E-state index in [9.17, 15) is 9.50 Å². The summed E-state index contributed by atoms with van der Waals surface area (Å²) in [6.07, 6.45) is 0. The maximum absolute atomic E-state index is 13.2. The summed E-state index contributed by atoms with van der Waals surface area (Å²) < 4.78 is 18.5. The lowest BCUT2D eigenvalue weighted by atomic mass is 9.85. The minimum atomic E-state index is -1.23. The molecule has 0 fully saturated rings. The van der Waals surface area contributed by atoms with Gasteiger partial charge in [0.05, 0.1) is 7.11 Å². The van der Waals surface area contributed by atoms with Crippen molar-refractivity contribution in [3.05, 3.63) is 65.0 Å². The van der Waals surface area contributed by atoms with Crippen molar-refractivity contribution in [2.75, 3.05) is 7.11 Å². The standard InChI is InChI=1S/C16H17FO2/c1-11-10-12(17)8-9-13(11)16(2,18)14-6-4-5-7-15(14)19-3/h4-10,18H,1-3H3. The molecule has 2 rings (SSSR count). The lowest BCUT2D eigenvalue weighted by Crippen LogP contribution is -2.24. The van der Waals surface area contributed by atoms with Crippen LogP contribution in [0.5, 0.6) is 5.75 Å². The summed E-state index contributed by atoms with van der Waals surface area (Å²) in [5, 5.41) is 10.8. The van der Waals surface area contributed by atoms with E-state index in [-0.39, 0.29) is 5.82 Å². The molecule has 0 saturated heterocycles. The molecular weight excluding hydrogens is 243 g/mol. The van der Waals surface area contributed by atoms with E-state index in [0.717, 1.165) is 0 Å². The molecule has 1 N–H and O–H groups in total. The number of halogens is 1. The zero-order valence-corrected chi connectivity index (χ0v) is 11.3. The number of aliphatic hydroxyl groups is 1. The van der Waals surface area contributed by atoms with Gasteiger partial charge < -0.3 is 9.84 Å². The Hall–Kier alpha value is -1.87. The molecule has 1 unspecified atom stereocenters. The molecule has 0 spiro atoms. The summed E-state index contributed by atoms with van der Waals surface area (Å²) in [5.74, 6) is 0.299. The van der Waals surface area contributed by atoms with Crippen molar-refractivity contribution in [2.45, 2.75) is 19.4 Å². The van der Waals surface area contributed by atoms with Crippen LogP contribution in [0.3, 0.4) is 0 Å². The predicted octanol–water partition coefficient (Wildman–Crippen LogP) is 3.40. The highest BCUT2D eigenvalue weighted by molar-refractivity contribution is 5.46. The second-order valence-electron chi connectivity index (χ2n) is 4.73. The third kappa shape index (κ3) is 2.47. The molecule has 0 radical (unpaired) electrons. The van der Waals surface area contributed by atoms with Gasteiger partial charge in [0.2, 0.25) is 0 Å². The molecule has 0 saturated carbocycles. The lowest BCUT2D eigenvalue weighted by Gasteiger charge is -2.27. The Morgan fingerprint density at radius 3 is 2.42 bits per heavy atom. The highest BCUT2D eigenvalue weighted by atomic mass is 19.1. The van der Waals surface area contributed by atoms with Crippen LogP contribution < -0.4 is 4.74 Å². The van der Waals surface area contributed by atoms with Crippen LogP contribution in [-0.2, 0) is 5.60 Å². The molecular formula is C16H17FO2. The second-order valence-corrected chi connectivity index (χ2v) is 4.73. The summed E-state index contributed by atoms with van der Waals surface area (Å²) in [6.45, 7) is 3.47. The molecule has 100 valence electrons. The minimum absolute atomic E-state index is 0.308. The van der Waals surface area contributed by atoms with E-state index < -0.39 is 5.60 Å². The molecule has 0 aliphatic rings. The molecule has 0 amide bonds.